The van der Waals surface area contributed by atoms with Crippen LogP contribution in [0, 0.1) is 0 Å². The molecule has 0 fully saturated rings. The minimum absolute atomic E-state index is 0.120. The maximum absolute atomic E-state index is 12.3. The summed E-state index contributed by atoms with van der Waals surface area (Å²) in [7, 11) is 0. The van der Waals surface area contributed by atoms with E-state index in [2.05, 4.69) is 15.9 Å². The number of hydrogen-bond acceptors (Lipinski definition) is 3. The van der Waals surface area contributed by atoms with Crippen molar-refractivity contribution in [2.45, 2.75) is 19.8 Å². The average Bonchev–Trinajstić information content (AvgIpc) is 2.33. The van der Waals surface area contributed by atoms with Crippen LogP contribution in [0.1, 0.15) is 30.1 Å². The molecule has 0 bridgehead atoms. The number of hydrogen-bond donors (Lipinski definition) is 2. The van der Waals surface area contributed by atoms with Crippen molar-refractivity contribution in [3.05, 3.63) is 28.2 Å². The number of amides is 2. The molecular formula is C13H17BrN2O3. The van der Waals surface area contributed by atoms with E-state index in [1.807, 2.05) is 6.92 Å². The molecular weight excluding hydrogens is 312 g/mol. The third-order valence-corrected chi connectivity index (χ3v) is 3.10. The van der Waals surface area contributed by atoms with E-state index in [1.54, 1.807) is 6.07 Å². The van der Waals surface area contributed by atoms with Gasteiger partial charge in [-0.1, -0.05) is 29.3 Å². The van der Waals surface area contributed by atoms with E-state index in [4.69, 9.17) is 5.73 Å². The van der Waals surface area contributed by atoms with Crippen LogP contribution in [0.25, 0.3) is 0 Å². The molecule has 0 aromatic heterocycles. The lowest BCUT2D eigenvalue weighted by molar-refractivity contribution is -0.118. The normalized spacial score (nSPS) is 10.2. The number of unbranched alkanes of at least 4 members (excludes halogenated alkanes) is 1. The van der Waals surface area contributed by atoms with Gasteiger partial charge in [-0.2, -0.15) is 0 Å². The molecule has 0 heterocycles. The Labute approximate surface area is 120 Å². The average molecular weight is 329 g/mol. The Kier molecular flexibility index (Phi) is 5.82. The summed E-state index contributed by atoms with van der Waals surface area (Å²) in [6.07, 6.45) is 1.67. The molecule has 3 N–H and O–H groups in total. The van der Waals surface area contributed by atoms with E-state index in [0.717, 1.165) is 12.8 Å². The fourth-order valence-corrected chi connectivity index (χ4v) is 1.99. The number of nitrogens with zero attached hydrogens (tertiary/aromatic N) is 1. The molecule has 0 aliphatic rings. The molecule has 1 aromatic carbocycles. The van der Waals surface area contributed by atoms with Crippen molar-refractivity contribution in [3.63, 3.8) is 0 Å². The summed E-state index contributed by atoms with van der Waals surface area (Å²) in [5.74, 6) is -1.08. The van der Waals surface area contributed by atoms with E-state index in [9.17, 15) is 14.7 Å². The Balaban J connectivity index is 2.93. The first-order valence-corrected chi connectivity index (χ1v) is 6.81. The van der Waals surface area contributed by atoms with Crippen molar-refractivity contribution in [3.8, 4) is 5.75 Å². The fourth-order valence-electron chi connectivity index (χ4n) is 1.65. The Morgan fingerprint density at radius 1 is 1.42 bits per heavy atom. The Morgan fingerprint density at radius 3 is 2.63 bits per heavy atom. The smallest absolute Gasteiger partial charge is 0.258 e. The number of phenols is 1. The predicted molar refractivity (Wildman–Crippen MR) is 75.8 cm³/mol. The summed E-state index contributed by atoms with van der Waals surface area (Å²) < 4.78 is 0.677. The van der Waals surface area contributed by atoms with Gasteiger partial charge in [-0.25, -0.2) is 0 Å². The van der Waals surface area contributed by atoms with Crippen molar-refractivity contribution < 1.29 is 14.7 Å². The molecule has 104 valence electrons. The molecule has 0 saturated heterocycles. The number of carbonyl (C=O) groups excluding carboxylic acids is 2. The number of halogens is 1. The zero-order chi connectivity index (χ0) is 14.4. The van der Waals surface area contributed by atoms with Gasteiger partial charge in [-0.3, -0.25) is 9.59 Å². The van der Waals surface area contributed by atoms with Crippen LogP contribution in [-0.2, 0) is 4.79 Å². The Bertz CT molecular complexity index is 477. The second-order valence-electron chi connectivity index (χ2n) is 4.21. The number of benzene rings is 1. The van der Waals surface area contributed by atoms with Crippen molar-refractivity contribution >= 4 is 27.7 Å². The minimum atomic E-state index is -0.568. The van der Waals surface area contributed by atoms with Gasteiger partial charge in [0.1, 0.15) is 5.75 Å². The van der Waals surface area contributed by atoms with Crippen molar-refractivity contribution in [1.29, 1.82) is 0 Å². The Hall–Kier alpha value is -1.56. The first-order chi connectivity index (χ1) is 8.95. The monoisotopic (exact) mass is 328 g/mol. The van der Waals surface area contributed by atoms with Crippen LogP contribution in [0.15, 0.2) is 22.7 Å². The molecule has 1 rings (SSSR count). The third-order valence-electron chi connectivity index (χ3n) is 2.61. The van der Waals surface area contributed by atoms with Gasteiger partial charge < -0.3 is 15.7 Å². The predicted octanol–water partition coefficient (Wildman–Crippen LogP) is 1.88. The van der Waals surface area contributed by atoms with Gasteiger partial charge >= 0.3 is 0 Å². The van der Waals surface area contributed by atoms with Crippen LogP contribution in [0.3, 0.4) is 0 Å². The second-order valence-corrected chi connectivity index (χ2v) is 5.12. The summed E-state index contributed by atoms with van der Waals surface area (Å²) in [6.45, 7) is 2.28. The largest absolute Gasteiger partial charge is 0.507 e. The zero-order valence-corrected chi connectivity index (χ0v) is 12.3. The zero-order valence-electron chi connectivity index (χ0n) is 10.7. The Morgan fingerprint density at radius 2 is 2.11 bits per heavy atom. The molecule has 5 nitrogen and oxygen atoms in total. The molecule has 19 heavy (non-hydrogen) atoms. The number of carbonyl (C=O) groups is 2. The van der Waals surface area contributed by atoms with Crippen LogP contribution in [0.2, 0.25) is 0 Å². The lowest BCUT2D eigenvalue weighted by Crippen LogP contribution is -2.39. The van der Waals surface area contributed by atoms with Gasteiger partial charge in [0, 0.05) is 11.0 Å². The van der Waals surface area contributed by atoms with Crippen LogP contribution >= 0.6 is 15.9 Å². The van der Waals surface area contributed by atoms with Gasteiger partial charge in [-0.05, 0) is 24.6 Å². The topological polar surface area (TPSA) is 83.6 Å². The van der Waals surface area contributed by atoms with Crippen LogP contribution in [0.4, 0.5) is 0 Å². The van der Waals surface area contributed by atoms with Crippen molar-refractivity contribution in [2.75, 3.05) is 13.1 Å². The molecule has 2 amide bonds. The molecule has 0 saturated carbocycles. The van der Waals surface area contributed by atoms with Crippen LogP contribution in [0.5, 0.6) is 5.75 Å². The van der Waals surface area contributed by atoms with E-state index < -0.39 is 11.8 Å². The number of nitrogens with two attached hydrogens (primary N) is 1. The maximum atomic E-state index is 12.3. The van der Waals surface area contributed by atoms with Crippen molar-refractivity contribution in [1.82, 2.24) is 4.90 Å². The quantitative estimate of drug-likeness (QED) is 0.836. The van der Waals surface area contributed by atoms with Gasteiger partial charge in [0.25, 0.3) is 5.91 Å². The highest BCUT2D eigenvalue weighted by molar-refractivity contribution is 9.10. The maximum Gasteiger partial charge on any atom is 0.258 e. The van der Waals surface area contributed by atoms with Gasteiger partial charge in [-0.15, -0.1) is 0 Å². The molecule has 0 spiro atoms. The van der Waals surface area contributed by atoms with Gasteiger partial charge in [0.05, 0.1) is 12.1 Å². The van der Waals surface area contributed by atoms with E-state index in [1.165, 1.54) is 17.0 Å². The highest BCUT2D eigenvalue weighted by Crippen LogP contribution is 2.23. The number of primary amides is 1. The van der Waals surface area contributed by atoms with E-state index in [-0.39, 0.29) is 17.9 Å². The molecule has 0 atom stereocenters. The summed E-state index contributed by atoms with van der Waals surface area (Å²) in [6, 6.07) is 4.62. The highest BCUT2D eigenvalue weighted by Gasteiger charge is 2.20. The van der Waals surface area contributed by atoms with E-state index in [0.29, 0.717) is 11.0 Å². The SMILES string of the molecule is CCCCN(CC(N)=O)C(=O)c1ccc(Br)cc1O. The van der Waals surface area contributed by atoms with Gasteiger partial charge in [0.2, 0.25) is 5.91 Å². The summed E-state index contributed by atoms with van der Waals surface area (Å²) in [4.78, 5) is 24.6. The van der Waals surface area contributed by atoms with E-state index >= 15 is 0 Å². The van der Waals surface area contributed by atoms with Crippen molar-refractivity contribution in [2.24, 2.45) is 5.73 Å². The van der Waals surface area contributed by atoms with Crippen LogP contribution in [-0.4, -0.2) is 34.9 Å². The summed E-state index contributed by atoms with van der Waals surface area (Å²) >= 11 is 3.21. The molecule has 0 aliphatic heterocycles. The molecule has 0 radical (unpaired) electrons. The van der Waals surface area contributed by atoms with Gasteiger partial charge in [0.15, 0.2) is 0 Å². The fraction of sp³-hybridized carbons (Fsp3) is 0.385. The summed E-state index contributed by atoms with van der Waals surface area (Å²) in [5, 5.41) is 9.78. The molecule has 1 aromatic rings. The third kappa shape index (κ3) is 4.55. The first kappa shape index (κ1) is 15.5. The second kappa shape index (κ2) is 7.13. The lowest BCUT2D eigenvalue weighted by atomic mass is 10.1. The minimum Gasteiger partial charge on any atom is -0.507 e. The molecule has 0 aliphatic carbocycles. The number of rotatable bonds is 6. The summed E-state index contributed by atoms with van der Waals surface area (Å²) in [5.41, 5.74) is 5.31. The first-order valence-electron chi connectivity index (χ1n) is 6.01. The number of aromatic hydroxyl groups is 1. The number of phenolic OH excluding ortho intramolecular Hbond substituents is 1. The lowest BCUT2D eigenvalue weighted by Gasteiger charge is -2.21. The van der Waals surface area contributed by atoms with Crippen LogP contribution < -0.4 is 5.73 Å². The highest BCUT2D eigenvalue weighted by atomic mass is 79.9. The molecule has 0 unspecified atom stereocenters. The standard InChI is InChI=1S/C13H17BrN2O3/c1-2-3-6-16(8-12(15)18)13(19)10-5-4-9(14)7-11(10)17/h4-5,7,17H,2-3,6,8H2,1H3,(H2,15,18). The molecule has 6 heteroatoms.